The quantitative estimate of drug-likeness (QED) is 0.548. The van der Waals surface area contributed by atoms with E-state index in [1.807, 2.05) is 0 Å². The minimum Gasteiger partial charge on any atom is -0.497 e. The van der Waals surface area contributed by atoms with Gasteiger partial charge in [0.2, 0.25) is 0 Å². The van der Waals surface area contributed by atoms with Crippen LogP contribution in [0.25, 0.3) is 11.3 Å². The molecule has 0 saturated carbocycles. The number of carbonyl (C=O) groups excluding carboxylic acids is 1. The van der Waals surface area contributed by atoms with Gasteiger partial charge in [0.1, 0.15) is 17.3 Å². The van der Waals surface area contributed by atoms with Crippen LogP contribution in [0.1, 0.15) is 40.6 Å². The average Bonchev–Trinajstić information content (AvgIpc) is 3.33. The molecule has 3 aromatic rings. The first-order valence-electron chi connectivity index (χ1n) is 9.77. The summed E-state index contributed by atoms with van der Waals surface area (Å²) < 4.78 is 45.4. The lowest BCUT2D eigenvalue weighted by atomic mass is 9.95. The normalized spacial score (nSPS) is 15.2. The van der Waals surface area contributed by atoms with Crippen molar-refractivity contribution in [3.05, 3.63) is 64.2 Å². The number of carbonyl (C=O) groups is 1. The SMILES string of the molecule is COc1cccc(C(=O)N2CCC(c3nc(-c4ccsc4)cc(C(F)(F)F)n3)CC2)c1. The molecule has 0 atom stereocenters. The Morgan fingerprint density at radius 1 is 1.16 bits per heavy atom. The Labute approximate surface area is 181 Å². The van der Waals surface area contributed by atoms with Gasteiger partial charge in [-0.25, -0.2) is 9.97 Å². The molecule has 3 heterocycles. The zero-order valence-corrected chi connectivity index (χ0v) is 17.5. The molecule has 1 aliphatic heterocycles. The first kappa shape index (κ1) is 21.3. The third-order valence-electron chi connectivity index (χ3n) is 5.31. The monoisotopic (exact) mass is 447 g/mol. The molecule has 162 valence electrons. The van der Waals surface area contributed by atoms with Crippen molar-refractivity contribution in [3.8, 4) is 17.0 Å². The summed E-state index contributed by atoms with van der Waals surface area (Å²) in [6.07, 6.45) is -3.55. The molecule has 0 bridgehead atoms. The summed E-state index contributed by atoms with van der Waals surface area (Å²) in [7, 11) is 1.54. The maximum Gasteiger partial charge on any atom is 0.433 e. The van der Waals surface area contributed by atoms with Crippen LogP contribution in [0, 0.1) is 0 Å². The Morgan fingerprint density at radius 2 is 1.94 bits per heavy atom. The fraction of sp³-hybridized carbons (Fsp3) is 0.318. The van der Waals surface area contributed by atoms with Crippen LogP contribution < -0.4 is 4.74 Å². The summed E-state index contributed by atoms with van der Waals surface area (Å²) in [4.78, 5) is 22.8. The number of halogens is 3. The number of hydrogen-bond donors (Lipinski definition) is 0. The van der Waals surface area contributed by atoms with Gasteiger partial charge in [-0.05, 0) is 48.6 Å². The second-order valence-electron chi connectivity index (χ2n) is 7.30. The summed E-state index contributed by atoms with van der Waals surface area (Å²) >= 11 is 1.40. The molecule has 0 radical (unpaired) electrons. The van der Waals surface area contributed by atoms with Gasteiger partial charge in [0, 0.05) is 35.5 Å². The van der Waals surface area contributed by atoms with Gasteiger partial charge >= 0.3 is 6.18 Å². The Kier molecular flexibility index (Phi) is 5.95. The average molecular weight is 447 g/mol. The van der Waals surface area contributed by atoms with Gasteiger partial charge in [0.25, 0.3) is 5.91 Å². The van der Waals surface area contributed by atoms with Crippen molar-refractivity contribution in [3.63, 3.8) is 0 Å². The van der Waals surface area contributed by atoms with Crippen molar-refractivity contribution in [1.82, 2.24) is 14.9 Å². The highest BCUT2D eigenvalue weighted by Gasteiger charge is 2.35. The largest absolute Gasteiger partial charge is 0.497 e. The lowest BCUT2D eigenvalue weighted by Gasteiger charge is -2.31. The van der Waals surface area contributed by atoms with Crippen molar-refractivity contribution in [1.29, 1.82) is 0 Å². The molecule has 0 N–H and O–H groups in total. The fourth-order valence-corrected chi connectivity index (χ4v) is 4.28. The Morgan fingerprint density at radius 3 is 2.58 bits per heavy atom. The maximum atomic E-state index is 13.4. The summed E-state index contributed by atoms with van der Waals surface area (Å²) in [5.74, 6) is 0.416. The standard InChI is InChI=1S/C22H20F3N3O2S/c1-30-17-4-2-3-15(11-17)21(29)28-8-5-14(6-9-28)20-26-18(16-7-10-31-13-16)12-19(27-20)22(23,24)25/h2-4,7,10-14H,5-6,8-9H2,1H3. The number of piperidine rings is 1. The van der Waals surface area contributed by atoms with Crippen molar-refractivity contribution in [2.75, 3.05) is 20.2 Å². The minimum atomic E-state index is -4.55. The Bertz CT molecular complexity index is 1060. The smallest absolute Gasteiger partial charge is 0.433 e. The minimum absolute atomic E-state index is 0.124. The summed E-state index contributed by atoms with van der Waals surface area (Å²) in [6, 6.07) is 9.65. The third-order valence-corrected chi connectivity index (χ3v) is 6.00. The lowest BCUT2D eigenvalue weighted by Crippen LogP contribution is -2.38. The van der Waals surface area contributed by atoms with E-state index in [4.69, 9.17) is 4.74 Å². The molecule has 0 spiro atoms. The summed E-state index contributed by atoms with van der Waals surface area (Å²) in [5, 5.41) is 3.56. The number of thiophene rings is 1. The van der Waals surface area contributed by atoms with Crippen LogP contribution >= 0.6 is 11.3 Å². The highest BCUT2D eigenvalue weighted by atomic mass is 32.1. The predicted octanol–water partition coefficient (Wildman–Crippen LogP) is 5.25. The van der Waals surface area contributed by atoms with Crippen LogP contribution in [-0.4, -0.2) is 41.0 Å². The molecule has 4 rings (SSSR count). The van der Waals surface area contributed by atoms with Crippen LogP contribution in [-0.2, 0) is 6.18 Å². The van der Waals surface area contributed by atoms with Crippen molar-refractivity contribution < 1.29 is 22.7 Å². The topological polar surface area (TPSA) is 55.3 Å². The number of rotatable bonds is 4. The maximum absolute atomic E-state index is 13.4. The second kappa shape index (κ2) is 8.66. The first-order chi connectivity index (χ1) is 14.8. The number of benzene rings is 1. The Hall–Kier alpha value is -2.94. The second-order valence-corrected chi connectivity index (χ2v) is 8.08. The molecule has 31 heavy (non-hydrogen) atoms. The van der Waals surface area contributed by atoms with Crippen LogP contribution in [0.4, 0.5) is 13.2 Å². The lowest BCUT2D eigenvalue weighted by molar-refractivity contribution is -0.141. The molecule has 0 aliphatic carbocycles. The van der Waals surface area contributed by atoms with E-state index >= 15 is 0 Å². The van der Waals surface area contributed by atoms with Gasteiger partial charge < -0.3 is 9.64 Å². The van der Waals surface area contributed by atoms with Crippen LogP contribution in [0.3, 0.4) is 0 Å². The van der Waals surface area contributed by atoms with Gasteiger partial charge in [-0.2, -0.15) is 24.5 Å². The van der Waals surface area contributed by atoms with E-state index in [9.17, 15) is 18.0 Å². The fourth-order valence-electron chi connectivity index (χ4n) is 3.63. The molecule has 5 nitrogen and oxygen atoms in total. The van der Waals surface area contributed by atoms with Crippen molar-refractivity contribution >= 4 is 17.2 Å². The molecule has 9 heteroatoms. The number of likely N-dealkylation sites (tertiary alicyclic amines) is 1. The Balaban J connectivity index is 1.53. The number of methoxy groups -OCH3 is 1. The number of aromatic nitrogens is 2. The van der Waals surface area contributed by atoms with E-state index in [1.165, 1.54) is 18.4 Å². The van der Waals surface area contributed by atoms with E-state index < -0.39 is 11.9 Å². The van der Waals surface area contributed by atoms with E-state index in [0.717, 1.165) is 6.07 Å². The van der Waals surface area contributed by atoms with Crippen LogP contribution in [0.2, 0.25) is 0 Å². The highest BCUT2D eigenvalue weighted by Crippen LogP contribution is 2.34. The molecular weight excluding hydrogens is 427 g/mol. The number of hydrogen-bond acceptors (Lipinski definition) is 5. The van der Waals surface area contributed by atoms with Gasteiger partial charge in [-0.15, -0.1) is 0 Å². The zero-order chi connectivity index (χ0) is 22.0. The van der Waals surface area contributed by atoms with Crippen molar-refractivity contribution in [2.45, 2.75) is 24.9 Å². The molecule has 1 aliphatic rings. The highest BCUT2D eigenvalue weighted by molar-refractivity contribution is 7.08. The van der Waals surface area contributed by atoms with E-state index in [-0.39, 0.29) is 23.3 Å². The third kappa shape index (κ3) is 4.71. The van der Waals surface area contributed by atoms with Gasteiger partial charge in [-0.1, -0.05) is 6.07 Å². The van der Waals surface area contributed by atoms with Crippen molar-refractivity contribution in [2.24, 2.45) is 0 Å². The molecule has 2 aromatic heterocycles. The number of alkyl halides is 3. The van der Waals surface area contributed by atoms with E-state index in [0.29, 0.717) is 42.8 Å². The molecule has 1 amide bonds. The molecule has 1 fully saturated rings. The number of amides is 1. The number of nitrogens with zero attached hydrogens (tertiary/aromatic N) is 3. The van der Waals surface area contributed by atoms with E-state index in [1.54, 1.807) is 46.0 Å². The first-order valence-corrected chi connectivity index (χ1v) is 10.7. The summed E-state index contributed by atoms with van der Waals surface area (Å²) in [6.45, 7) is 0.849. The number of ether oxygens (including phenoxy) is 1. The zero-order valence-electron chi connectivity index (χ0n) is 16.7. The van der Waals surface area contributed by atoms with Crippen LogP contribution in [0.15, 0.2) is 47.2 Å². The molecule has 1 aromatic carbocycles. The van der Waals surface area contributed by atoms with Gasteiger partial charge in [0.15, 0.2) is 0 Å². The van der Waals surface area contributed by atoms with E-state index in [2.05, 4.69) is 9.97 Å². The molecule has 0 unspecified atom stereocenters. The predicted molar refractivity (Wildman–Crippen MR) is 111 cm³/mol. The van der Waals surface area contributed by atoms with Crippen LogP contribution in [0.5, 0.6) is 5.75 Å². The molecule has 1 saturated heterocycles. The molecular formula is C22H20F3N3O2S. The van der Waals surface area contributed by atoms with Gasteiger partial charge in [0.05, 0.1) is 12.8 Å². The summed E-state index contributed by atoms with van der Waals surface area (Å²) in [5.41, 5.74) is 0.500. The van der Waals surface area contributed by atoms with Gasteiger partial charge in [-0.3, -0.25) is 4.79 Å².